The number of aromatic nitrogens is 1. The van der Waals surface area contributed by atoms with E-state index in [1.165, 1.54) is 6.26 Å². The highest BCUT2D eigenvalue weighted by molar-refractivity contribution is 7.89. The quantitative estimate of drug-likeness (QED) is 0.766. The first-order valence-corrected chi connectivity index (χ1v) is 6.65. The Morgan fingerprint density at radius 3 is 2.93 bits per heavy atom. The molecule has 0 aliphatic carbocycles. The monoisotopic (exact) mass is 252 g/mol. The van der Waals surface area contributed by atoms with Crippen molar-refractivity contribution in [2.24, 2.45) is 5.92 Å². The molecule has 5 nitrogen and oxygen atoms in total. The SMILES string of the molecule is CC(CCl)CS(=O)(=O)NCc1ccon1. The van der Waals surface area contributed by atoms with Gasteiger partial charge in [0.2, 0.25) is 10.0 Å². The van der Waals surface area contributed by atoms with Crippen LogP contribution in [0.15, 0.2) is 16.9 Å². The second-order valence-corrected chi connectivity index (χ2v) is 5.51. The van der Waals surface area contributed by atoms with Crippen LogP contribution in [0.3, 0.4) is 0 Å². The molecule has 1 aromatic rings. The Labute approximate surface area is 93.8 Å². The van der Waals surface area contributed by atoms with E-state index in [1.807, 2.05) is 0 Å². The highest BCUT2D eigenvalue weighted by Gasteiger charge is 2.14. The van der Waals surface area contributed by atoms with E-state index in [4.69, 9.17) is 11.6 Å². The summed E-state index contributed by atoms with van der Waals surface area (Å²) in [4.78, 5) is 0. The van der Waals surface area contributed by atoms with E-state index in [0.717, 1.165) is 0 Å². The fourth-order valence-corrected chi connectivity index (χ4v) is 2.58. The van der Waals surface area contributed by atoms with E-state index in [0.29, 0.717) is 11.6 Å². The molecule has 0 bridgehead atoms. The lowest BCUT2D eigenvalue weighted by molar-refractivity contribution is 0.411. The van der Waals surface area contributed by atoms with E-state index in [1.54, 1.807) is 13.0 Å². The van der Waals surface area contributed by atoms with Crippen molar-refractivity contribution >= 4 is 21.6 Å². The van der Waals surface area contributed by atoms with Crippen LogP contribution in [-0.4, -0.2) is 25.2 Å². The molecular weight excluding hydrogens is 240 g/mol. The van der Waals surface area contributed by atoms with Gasteiger partial charge in [-0.25, -0.2) is 13.1 Å². The summed E-state index contributed by atoms with van der Waals surface area (Å²) in [6.45, 7) is 1.93. The number of nitrogens with one attached hydrogen (secondary N) is 1. The minimum atomic E-state index is -3.29. The van der Waals surface area contributed by atoms with Crippen molar-refractivity contribution in [3.8, 4) is 0 Å². The van der Waals surface area contributed by atoms with Crippen molar-refractivity contribution in [2.75, 3.05) is 11.6 Å². The van der Waals surface area contributed by atoms with Gasteiger partial charge in [-0.3, -0.25) is 0 Å². The molecule has 0 spiro atoms. The molecule has 86 valence electrons. The summed E-state index contributed by atoms with van der Waals surface area (Å²) in [5.74, 6) is 0.278. The number of halogens is 1. The highest BCUT2D eigenvalue weighted by Crippen LogP contribution is 2.03. The average Bonchev–Trinajstić information content (AvgIpc) is 2.66. The maximum Gasteiger partial charge on any atom is 0.212 e. The third-order valence-corrected chi connectivity index (χ3v) is 3.85. The van der Waals surface area contributed by atoms with Crippen molar-refractivity contribution in [3.63, 3.8) is 0 Å². The van der Waals surface area contributed by atoms with E-state index in [9.17, 15) is 8.42 Å². The van der Waals surface area contributed by atoms with Crippen LogP contribution < -0.4 is 4.72 Å². The van der Waals surface area contributed by atoms with Crippen LogP contribution in [0, 0.1) is 5.92 Å². The standard InChI is InChI=1S/C8H13ClN2O3S/c1-7(4-9)6-15(12,13)10-5-8-2-3-14-11-8/h2-3,7,10H,4-6H2,1H3. The van der Waals surface area contributed by atoms with Crippen molar-refractivity contribution in [1.29, 1.82) is 0 Å². The lowest BCUT2D eigenvalue weighted by atomic mass is 10.3. The topological polar surface area (TPSA) is 72.2 Å². The lowest BCUT2D eigenvalue weighted by Crippen LogP contribution is -2.29. The van der Waals surface area contributed by atoms with Crippen molar-refractivity contribution < 1.29 is 12.9 Å². The molecule has 0 aromatic carbocycles. The number of nitrogens with zero attached hydrogens (tertiary/aromatic N) is 1. The minimum absolute atomic E-state index is 0.0222. The normalized spacial score (nSPS) is 14.0. The first-order valence-electron chi connectivity index (χ1n) is 4.46. The zero-order chi connectivity index (χ0) is 11.3. The summed E-state index contributed by atoms with van der Waals surface area (Å²) in [5.41, 5.74) is 0.553. The third-order valence-electron chi connectivity index (χ3n) is 1.73. The first kappa shape index (κ1) is 12.5. The Hall–Kier alpha value is -0.590. The molecule has 15 heavy (non-hydrogen) atoms. The van der Waals surface area contributed by atoms with Gasteiger partial charge >= 0.3 is 0 Å². The summed E-state index contributed by atoms with van der Waals surface area (Å²) >= 11 is 5.54. The van der Waals surface area contributed by atoms with Gasteiger partial charge in [0.1, 0.15) is 6.26 Å². The molecule has 1 N–H and O–H groups in total. The molecule has 0 aliphatic heterocycles. The number of hydrogen-bond acceptors (Lipinski definition) is 4. The van der Waals surface area contributed by atoms with Gasteiger partial charge in [-0.1, -0.05) is 12.1 Å². The maximum absolute atomic E-state index is 11.5. The molecular formula is C8H13ClN2O3S. The zero-order valence-electron chi connectivity index (χ0n) is 8.31. The van der Waals surface area contributed by atoms with Gasteiger partial charge in [-0.15, -0.1) is 11.6 Å². The molecule has 0 amide bonds. The second kappa shape index (κ2) is 5.48. The summed E-state index contributed by atoms with van der Waals surface area (Å²) < 4.78 is 29.9. The summed E-state index contributed by atoms with van der Waals surface area (Å²) in [5, 5.41) is 3.59. The lowest BCUT2D eigenvalue weighted by Gasteiger charge is -2.08. The Balaban J connectivity index is 2.43. The fourth-order valence-electron chi connectivity index (χ4n) is 0.991. The van der Waals surface area contributed by atoms with Crippen molar-refractivity contribution in [3.05, 3.63) is 18.0 Å². The van der Waals surface area contributed by atoms with Crippen LogP contribution in [-0.2, 0) is 16.6 Å². The van der Waals surface area contributed by atoms with Gasteiger partial charge < -0.3 is 4.52 Å². The van der Waals surface area contributed by atoms with Crippen LogP contribution >= 0.6 is 11.6 Å². The molecule has 1 aromatic heterocycles. The maximum atomic E-state index is 11.5. The second-order valence-electron chi connectivity index (χ2n) is 3.35. The van der Waals surface area contributed by atoms with Crippen LogP contribution in [0.25, 0.3) is 0 Å². The molecule has 1 heterocycles. The number of rotatable bonds is 6. The van der Waals surface area contributed by atoms with E-state index >= 15 is 0 Å². The zero-order valence-corrected chi connectivity index (χ0v) is 9.88. The smallest absolute Gasteiger partial charge is 0.212 e. The van der Waals surface area contributed by atoms with Crippen molar-refractivity contribution in [1.82, 2.24) is 9.88 Å². The Bertz CT molecular complexity index is 377. The fraction of sp³-hybridized carbons (Fsp3) is 0.625. The van der Waals surface area contributed by atoms with Gasteiger partial charge in [0.15, 0.2) is 0 Å². The molecule has 0 fully saturated rings. The predicted molar refractivity (Wildman–Crippen MR) is 57.0 cm³/mol. The van der Waals surface area contributed by atoms with E-state index < -0.39 is 10.0 Å². The van der Waals surface area contributed by atoms with Crippen LogP contribution in [0.5, 0.6) is 0 Å². The summed E-state index contributed by atoms with van der Waals surface area (Å²) in [6.07, 6.45) is 1.39. The van der Waals surface area contributed by atoms with Gasteiger partial charge in [0.25, 0.3) is 0 Å². The van der Waals surface area contributed by atoms with Gasteiger partial charge in [0.05, 0.1) is 18.0 Å². The Morgan fingerprint density at radius 2 is 2.40 bits per heavy atom. The molecule has 0 aliphatic rings. The predicted octanol–water partition coefficient (Wildman–Crippen LogP) is 0.969. The Kier molecular flexibility index (Phi) is 4.56. The largest absolute Gasteiger partial charge is 0.364 e. The first-order chi connectivity index (χ1) is 7.03. The van der Waals surface area contributed by atoms with Gasteiger partial charge in [0, 0.05) is 11.9 Å². The van der Waals surface area contributed by atoms with Crippen molar-refractivity contribution in [2.45, 2.75) is 13.5 Å². The minimum Gasteiger partial charge on any atom is -0.364 e. The molecule has 1 atom stereocenters. The number of sulfonamides is 1. The number of hydrogen-bond donors (Lipinski definition) is 1. The van der Waals surface area contributed by atoms with Gasteiger partial charge in [-0.2, -0.15) is 0 Å². The third kappa shape index (κ3) is 4.63. The Morgan fingerprint density at radius 1 is 1.67 bits per heavy atom. The number of alkyl halides is 1. The molecule has 1 unspecified atom stereocenters. The molecule has 7 heteroatoms. The molecule has 0 saturated heterocycles. The summed E-state index contributed by atoms with van der Waals surface area (Å²) in [6, 6.07) is 1.60. The van der Waals surface area contributed by atoms with Crippen LogP contribution in [0.1, 0.15) is 12.6 Å². The van der Waals surface area contributed by atoms with E-state index in [-0.39, 0.29) is 18.2 Å². The van der Waals surface area contributed by atoms with Crippen LogP contribution in [0.4, 0.5) is 0 Å². The summed E-state index contributed by atoms with van der Waals surface area (Å²) in [7, 11) is -3.29. The van der Waals surface area contributed by atoms with Gasteiger partial charge in [-0.05, 0) is 5.92 Å². The molecule has 1 rings (SSSR count). The average molecular weight is 253 g/mol. The highest BCUT2D eigenvalue weighted by atomic mass is 35.5. The van der Waals surface area contributed by atoms with Crippen LogP contribution in [0.2, 0.25) is 0 Å². The van der Waals surface area contributed by atoms with E-state index in [2.05, 4.69) is 14.4 Å². The molecule has 0 radical (unpaired) electrons. The molecule has 0 saturated carbocycles.